The van der Waals surface area contributed by atoms with E-state index < -0.39 is 0 Å². The van der Waals surface area contributed by atoms with E-state index in [9.17, 15) is 4.79 Å². The Hall–Kier alpha value is -0.863. The Bertz CT molecular complexity index is 634. The van der Waals surface area contributed by atoms with Crippen LogP contribution in [0.3, 0.4) is 0 Å². The maximum atomic E-state index is 12.7. The predicted molar refractivity (Wildman–Crippen MR) is 96.0 cm³/mol. The van der Waals surface area contributed by atoms with Gasteiger partial charge >= 0.3 is 18.9 Å². The third-order valence-corrected chi connectivity index (χ3v) is 5.36. The van der Waals surface area contributed by atoms with E-state index in [0.29, 0.717) is 0 Å². The van der Waals surface area contributed by atoms with Crippen LogP contribution in [0, 0.1) is 34.6 Å². The van der Waals surface area contributed by atoms with Crippen LogP contribution >= 0.6 is 8.58 Å². The minimum absolute atomic E-state index is 0. The van der Waals surface area contributed by atoms with Gasteiger partial charge in [-0.05, 0) is 76.3 Å². The van der Waals surface area contributed by atoms with Crippen molar-refractivity contribution in [2.45, 2.75) is 34.6 Å². The molecule has 21 heavy (non-hydrogen) atoms. The molecule has 0 spiro atoms. The fourth-order valence-electron chi connectivity index (χ4n) is 2.56. The molecule has 0 radical (unpaired) electrons. The van der Waals surface area contributed by atoms with Crippen LogP contribution in [-0.2, 0) is 0 Å². The average molecular weight is 292 g/mol. The van der Waals surface area contributed by atoms with Gasteiger partial charge in [0.2, 0.25) is 0 Å². The first-order chi connectivity index (χ1) is 9.43. The van der Waals surface area contributed by atoms with Crippen molar-refractivity contribution in [3.05, 3.63) is 63.7 Å². The van der Waals surface area contributed by atoms with E-state index in [1.165, 1.54) is 16.7 Å². The average Bonchev–Trinajstić information content (AvgIpc) is 2.44. The molecule has 0 saturated carbocycles. The quantitative estimate of drug-likeness (QED) is 0.622. The van der Waals surface area contributed by atoms with Gasteiger partial charge in [0.25, 0.3) is 0 Å². The summed E-state index contributed by atoms with van der Waals surface area (Å²) in [6.45, 7) is 10.5. The number of rotatable bonds is 3. The molecular weight excluding hydrogens is 270 g/mol. The molecule has 106 valence electrons. The van der Waals surface area contributed by atoms with E-state index >= 15 is 0 Å². The van der Waals surface area contributed by atoms with Gasteiger partial charge in [-0.2, -0.15) is 0 Å². The molecule has 1 nitrogen and oxygen atoms in total. The van der Waals surface area contributed by atoms with E-state index in [0.717, 1.165) is 22.0 Å². The number of carbonyl (C=O) groups excluding carboxylic acids is 1. The molecule has 0 N–H and O–H groups in total. The van der Waals surface area contributed by atoms with Crippen LogP contribution in [0.15, 0.2) is 30.3 Å². The third kappa shape index (κ3) is 3.67. The van der Waals surface area contributed by atoms with E-state index in [2.05, 4.69) is 34.6 Å². The summed E-state index contributed by atoms with van der Waals surface area (Å²) in [5.74, 6) is 0. The van der Waals surface area contributed by atoms with Gasteiger partial charge in [0, 0.05) is 5.56 Å². The molecule has 0 aliphatic carbocycles. The molecule has 1 atom stereocenters. The molecule has 2 aromatic rings. The molecule has 0 aliphatic rings. The summed E-state index contributed by atoms with van der Waals surface area (Å²) >= 11 is 0. The first-order valence-electron chi connectivity index (χ1n) is 6.86. The monoisotopic (exact) mass is 292 g/mol. The molecular formula is C18H22LiOP. The molecule has 0 fully saturated rings. The van der Waals surface area contributed by atoms with Gasteiger partial charge in [-0.3, -0.25) is 4.79 Å². The van der Waals surface area contributed by atoms with Gasteiger partial charge in [0.05, 0.1) is 0 Å². The Kier molecular flexibility index (Phi) is 6.42. The standard InChI is InChI=1S/C18H21OP.Li.H/c1-11-12(2)14(4)17(15(5)13(11)3)18(19)20-16-9-7-6-8-10-16;;/h6-10,20H,1-5H3;;. The first-order valence-corrected chi connectivity index (χ1v) is 7.86. The van der Waals surface area contributed by atoms with Gasteiger partial charge in [-0.25, -0.2) is 0 Å². The van der Waals surface area contributed by atoms with E-state index in [1.54, 1.807) is 0 Å². The molecule has 2 rings (SSSR count). The molecule has 3 heteroatoms. The van der Waals surface area contributed by atoms with Crippen LogP contribution in [0.25, 0.3) is 0 Å². The molecule has 0 bridgehead atoms. The molecule has 1 unspecified atom stereocenters. The molecule has 0 aromatic heterocycles. The molecule has 2 aromatic carbocycles. The fraction of sp³-hybridized carbons (Fsp3) is 0.278. The fourth-order valence-corrected chi connectivity index (χ4v) is 3.68. The zero-order valence-electron chi connectivity index (χ0n) is 12.8. The Balaban J connectivity index is 0.00000220. The van der Waals surface area contributed by atoms with Gasteiger partial charge in [-0.1, -0.05) is 30.3 Å². The Morgan fingerprint density at radius 3 is 1.67 bits per heavy atom. The second kappa shape index (κ2) is 7.42. The van der Waals surface area contributed by atoms with Gasteiger partial charge in [0.15, 0.2) is 5.52 Å². The van der Waals surface area contributed by atoms with E-state index in [4.69, 9.17) is 0 Å². The summed E-state index contributed by atoms with van der Waals surface area (Å²) in [4.78, 5) is 12.7. The van der Waals surface area contributed by atoms with Crippen molar-refractivity contribution in [1.29, 1.82) is 0 Å². The van der Waals surface area contributed by atoms with Crippen molar-refractivity contribution in [3.8, 4) is 0 Å². The molecule has 0 saturated heterocycles. The zero-order valence-corrected chi connectivity index (χ0v) is 13.8. The van der Waals surface area contributed by atoms with Gasteiger partial charge in [-0.15, -0.1) is 0 Å². The van der Waals surface area contributed by atoms with E-state index in [1.807, 2.05) is 30.3 Å². The van der Waals surface area contributed by atoms with Crippen molar-refractivity contribution >= 4 is 38.3 Å². The Morgan fingerprint density at radius 1 is 0.762 bits per heavy atom. The summed E-state index contributed by atoms with van der Waals surface area (Å²) in [7, 11) is 0.199. The van der Waals surface area contributed by atoms with Crippen molar-refractivity contribution in [3.63, 3.8) is 0 Å². The number of hydrogen-bond donors (Lipinski definition) is 0. The summed E-state index contributed by atoms with van der Waals surface area (Å²) in [5.41, 5.74) is 7.24. The number of benzene rings is 2. The van der Waals surface area contributed by atoms with Crippen LogP contribution in [0.4, 0.5) is 0 Å². The second-order valence-corrected chi connectivity index (χ2v) is 6.60. The second-order valence-electron chi connectivity index (χ2n) is 5.32. The number of carbonyl (C=O) groups is 1. The van der Waals surface area contributed by atoms with Crippen molar-refractivity contribution in [1.82, 2.24) is 0 Å². The third-order valence-electron chi connectivity index (χ3n) is 4.26. The Labute approximate surface area is 141 Å². The summed E-state index contributed by atoms with van der Waals surface area (Å²) in [6, 6.07) is 10.0. The summed E-state index contributed by atoms with van der Waals surface area (Å²) < 4.78 is 0. The van der Waals surface area contributed by atoms with E-state index in [-0.39, 0.29) is 33.0 Å². The topological polar surface area (TPSA) is 17.1 Å². The maximum absolute atomic E-state index is 12.7. The Morgan fingerprint density at radius 2 is 1.19 bits per heavy atom. The van der Waals surface area contributed by atoms with Crippen molar-refractivity contribution < 1.29 is 4.79 Å². The van der Waals surface area contributed by atoms with Crippen LogP contribution in [-0.4, -0.2) is 24.4 Å². The molecule has 0 aliphatic heterocycles. The van der Waals surface area contributed by atoms with Crippen LogP contribution < -0.4 is 5.30 Å². The van der Waals surface area contributed by atoms with Crippen molar-refractivity contribution in [2.75, 3.05) is 0 Å². The van der Waals surface area contributed by atoms with Gasteiger partial charge in [0.1, 0.15) is 0 Å². The predicted octanol–water partition coefficient (Wildman–Crippen LogP) is 3.72. The summed E-state index contributed by atoms with van der Waals surface area (Å²) in [6.07, 6.45) is 0. The SMILES string of the molecule is Cc1c(C)c(C)c(C(=O)Pc2ccccc2)c(C)c1C.[LiH]. The van der Waals surface area contributed by atoms with Crippen LogP contribution in [0.2, 0.25) is 0 Å². The molecule has 0 amide bonds. The normalized spacial score (nSPS) is 10.7. The zero-order chi connectivity index (χ0) is 14.9. The minimum atomic E-state index is 0. The van der Waals surface area contributed by atoms with Crippen LogP contribution in [0.5, 0.6) is 0 Å². The van der Waals surface area contributed by atoms with Crippen LogP contribution in [0.1, 0.15) is 38.2 Å². The first kappa shape index (κ1) is 18.2. The van der Waals surface area contributed by atoms with Crippen molar-refractivity contribution in [2.24, 2.45) is 0 Å². The number of hydrogen-bond acceptors (Lipinski definition) is 1. The van der Waals surface area contributed by atoms with Gasteiger partial charge < -0.3 is 0 Å². The summed E-state index contributed by atoms with van der Waals surface area (Å²) in [5, 5.41) is 1.10. The molecule has 0 heterocycles.